The van der Waals surface area contributed by atoms with Crippen molar-refractivity contribution in [1.29, 1.82) is 0 Å². The summed E-state index contributed by atoms with van der Waals surface area (Å²) >= 11 is 0. The number of aromatic nitrogens is 2. The highest BCUT2D eigenvalue weighted by atomic mass is 16.5. The number of esters is 1. The van der Waals surface area contributed by atoms with E-state index in [-0.39, 0.29) is 5.97 Å². The molecule has 2 aromatic rings. The van der Waals surface area contributed by atoms with Crippen LogP contribution in [0.2, 0.25) is 0 Å². The van der Waals surface area contributed by atoms with Crippen LogP contribution in [0.1, 0.15) is 19.0 Å². The molecule has 5 nitrogen and oxygen atoms in total. The lowest BCUT2D eigenvalue weighted by molar-refractivity contribution is -0.143. The van der Waals surface area contributed by atoms with Crippen LogP contribution in [-0.4, -0.2) is 40.5 Å². The molecule has 0 aromatic carbocycles. The topological polar surface area (TPSA) is 46.8 Å². The molecule has 0 amide bonds. The van der Waals surface area contributed by atoms with Gasteiger partial charge in [-0.25, -0.2) is 4.98 Å². The largest absolute Gasteiger partial charge is 0.466 e. The minimum Gasteiger partial charge on any atom is -0.466 e. The number of hydrogen-bond donors (Lipinski definition) is 0. The van der Waals surface area contributed by atoms with Gasteiger partial charge in [0.1, 0.15) is 5.65 Å². The summed E-state index contributed by atoms with van der Waals surface area (Å²) in [6.07, 6.45) is 4.40. The van der Waals surface area contributed by atoms with E-state index >= 15 is 0 Å². The third-order valence-corrected chi connectivity index (χ3v) is 2.85. The van der Waals surface area contributed by atoms with E-state index in [0.717, 1.165) is 17.9 Å². The molecular weight excluding hydrogens is 242 g/mol. The van der Waals surface area contributed by atoms with Crippen molar-refractivity contribution >= 4 is 11.6 Å². The number of carbonyl (C=O) groups excluding carboxylic acids is 1. The molecule has 2 rings (SSSR count). The SMILES string of the molecule is CCOC(=O)CCN(C)Cc1cn2ccccc2n1. The molecule has 19 heavy (non-hydrogen) atoms. The molecule has 0 bridgehead atoms. The van der Waals surface area contributed by atoms with Crippen molar-refractivity contribution in [2.75, 3.05) is 20.2 Å². The van der Waals surface area contributed by atoms with Gasteiger partial charge >= 0.3 is 5.97 Å². The molecular formula is C14H19N3O2. The molecule has 0 fully saturated rings. The molecule has 0 unspecified atom stereocenters. The number of ether oxygens (including phenoxy) is 1. The van der Waals surface area contributed by atoms with Gasteiger partial charge in [-0.2, -0.15) is 0 Å². The van der Waals surface area contributed by atoms with Crippen LogP contribution in [0.15, 0.2) is 30.6 Å². The molecule has 5 heteroatoms. The third kappa shape index (κ3) is 3.79. The molecule has 0 atom stereocenters. The molecule has 2 aromatic heterocycles. The molecule has 0 aliphatic heterocycles. The zero-order valence-electron chi connectivity index (χ0n) is 11.4. The van der Waals surface area contributed by atoms with Gasteiger partial charge in [-0.05, 0) is 26.1 Å². The molecule has 0 aliphatic rings. The van der Waals surface area contributed by atoms with Crippen LogP contribution in [0.25, 0.3) is 5.65 Å². The minimum atomic E-state index is -0.149. The maximum Gasteiger partial charge on any atom is 0.307 e. The average Bonchev–Trinajstić information content (AvgIpc) is 2.78. The molecule has 0 saturated heterocycles. The Morgan fingerprint density at radius 3 is 3.05 bits per heavy atom. The third-order valence-electron chi connectivity index (χ3n) is 2.85. The fourth-order valence-electron chi connectivity index (χ4n) is 1.93. The normalized spacial score (nSPS) is 11.1. The van der Waals surface area contributed by atoms with Gasteiger partial charge in [0, 0.05) is 25.5 Å². The summed E-state index contributed by atoms with van der Waals surface area (Å²) in [7, 11) is 1.98. The molecule has 0 spiro atoms. The number of imidazole rings is 1. The fourth-order valence-corrected chi connectivity index (χ4v) is 1.93. The Morgan fingerprint density at radius 2 is 2.32 bits per heavy atom. The fraction of sp³-hybridized carbons (Fsp3) is 0.429. The van der Waals surface area contributed by atoms with Crippen LogP contribution in [-0.2, 0) is 16.1 Å². The Labute approximate surface area is 112 Å². The van der Waals surface area contributed by atoms with Gasteiger partial charge < -0.3 is 9.14 Å². The van der Waals surface area contributed by atoms with E-state index < -0.39 is 0 Å². The Kier molecular flexibility index (Phi) is 4.52. The van der Waals surface area contributed by atoms with E-state index in [1.165, 1.54) is 0 Å². The molecule has 0 N–H and O–H groups in total. The first-order chi connectivity index (χ1) is 9.19. The lowest BCUT2D eigenvalue weighted by atomic mass is 10.3. The number of pyridine rings is 1. The smallest absolute Gasteiger partial charge is 0.307 e. The van der Waals surface area contributed by atoms with Crippen molar-refractivity contribution < 1.29 is 9.53 Å². The van der Waals surface area contributed by atoms with Crippen molar-refractivity contribution in [2.24, 2.45) is 0 Å². The second-order valence-corrected chi connectivity index (χ2v) is 4.49. The van der Waals surface area contributed by atoms with E-state index in [2.05, 4.69) is 9.88 Å². The van der Waals surface area contributed by atoms with Crippen LogP contribution in [0.5, 0.6) is 0 Å². The Hall–Kier alpha value is -1.88. The van der Waals surface area contributed by atoms with Crippen LogP contribution >= 0.6 is 0 Å². The zero-order chi connectivity index (χ0) is 13.7. The number of carbonyl (C=O) groups is 1. The second kappa shape index (κ2) is 6.33. The maximum atomic E-state index is 11.3. The predicted octanol–water partition coefficient (Wildman–Crippen LogP) is 1.72. The van der Waals surface area contributed by atoms with Crippen LogP contribution in [0.3, 0.4) is 0 Å². The lowest BCUT2D eigenvalue weighted by Crippen LogP contribution is -2.22. The minimum absolute atomic E-state index is 0.149. The van der Waals surface area contributed by atoms with Crippen molar-refractivity contribution in [3.05, 3.63) is 36.3 Å². The maximum absolute atomic E-state index is 11.3. The molecule has 2 heterocycles. The van der Waals surface area contributed by atoms with Crippen molar-refractivity contribution in [2.45, 2.75) is 19.9 Å². The van der Waals surface area contributed by atoms with E-state index in [1.54, 1.807) is 0 Å². The predicted molar refractivity (Wildman–Crippen MR) is 72.8 cm³/mol. The van der Waals surface area contributed by atoms with Gasteiger partial charge in [0.25, 0.3) is 0 Å². The van der Waals surface area contributed by atoms with E-state index in [1.807, 2.05) is 49.0 Å². The standard InChI is InChI=1S/C14H19N3O2/c1-3-19-14(18)7-9-16(2)10-12-11-17-8-5-4-6-13(17)15-12/h4-6,8,11H,3,7,9-10H2,1-2H3. The number of nitrogens with zero attached hydrogens (tertiary/aromatic N) is 3. The molecule has 0 aliphatic carbocycles. The summed E-state index contributed by atoms with van der Waals surface area (Å²) in [4.78, 5) is 17.9. The summed E-state index contributed by atoms with van der Waals surface area (Å²) in [6, 6.07) is 5.92. The summed E-state index contributed by atoms with van der Waals surface area (Å²) in [5, 5.41) is 0. The molecule has 0 saturated carbocycles. The summed E-state index contributed by atoms with van der Waals surface area (Å²) in [5.74, 6) is -0.149. The molecule has 102 valence electrons. The first kappa shape index (κ1) is 13.5. The molecule has 0 radical (unpaired) electrons. The van der Waals surface area contributed by atoms with Crippen LogP contribution in [0, 0.1) is 0 Å². The first-order valence-electron chi connectivity index (χ1n) is 6.46. The summed E-state index contributed by atoms with van der Waals surface area (Å²) < 4.78 is 6.90. The van der Waals surface area contributed by atoms with Crippen molar-refractivity contribution in [3.63, 3.8) is 0 Å². The van der Waals surface area contributed by atoms with E-state index in [9.17, 15) is 4.79 Å². The van der Waals surface area contributed by atoms with Gasteiger partial charge in [-0.15, -0.1) is 0 Å². The first-order valence-corrected chi connectivity index (χ1v) is 6.46. The Balaban J connectivity index is 1.88. The summed E-state index contributed by atoms with van der Waals surface area (Å²) in [6.45, 7) is 3.65. The Morgan fingerprint density at radius 1 is 1.47 bits per heavy atom. The van der Waals surface area contributed by atoms with Gasteiger partial charge in [-0.3, -0.25) is 9.69 Å². The summed E-state index contributed by atoms with van der Waals surface area (Å²) in [5.41, 5.74) is 1.94. The van der Waals surface area contributed by atoms with Crippen LogP contribution in [0.4, 0.5) is 0 Å². The van der Waals surface area contributed by atoms with E-state index in [0.29, 0.717) is 19.6 Å². The quantitative estimate of drug-likeness (QED) is 0.743. The highest BCUT2D eigenvalue weighted by molar-refractivity contribution is 5.69. The number of fused-ring (bicyclic) bond motifs is 1. The van der Waals surface area contributed by atoms with Crippen molar-refractivity contribution in [1.82, 2.24) is 14.3 Å². The van der Waals surface area contributed by atoms with Gasteiger partial charge in [0.2, 0.25) is 0 Å². The van der Waals surface area contributed by atoms with E-state index in [4.69, 9.17) is 4.74 Å². The second-order valence-electron chi connectivity index (χ2n) is 4.49. The number of rotatable bonds is 6. The monoisotopic (exact) mass is 261 g/mol. The van der Waals surface area contributed by atoms with Gasteiger partial charge in [0.15, 0.2) is 0 Å². The zero-order valence-corrected chi connectivity index (χ0v) is 11.4. The number of hydrogen-bond acceptors (Lipinski definition) is 4. The highest BCUT2D eigenvalue weighted by Gasteiger charge is 2.07. The lowest BCUT2D eigenvalue weighted by Gasteiger charge is -2.14. The van der Waals surface area contributed by atoms with Crippen molar-refractivity contribution in [3.8, 4) is 0 Å². The Bertz CT molecular complexity index is 517. The average molecular weight is 261 g/mol. The van der Waals surface area contributed by atoms with Gasteiger partial charge in [-0.1, -0.05) is 6.07 Å². The highest BCUT2D eigenvalue weighted by Crippen LogP contribution is 2.06. The van der Waals surface area contributed by atoms with Gasteiger partial charge in [0.05, 0.1) is 18.7 Å². The van der Waals surface area contributed by atoms with Crippen LogP contribution < -0.4 is 0 Å².